The van der Waals surface area contributed by atoms with E-state index >= 15 is 0 Å². The smallest absolute Gasteiger partial charge is 0.0867 e. The fraction of sp³-hybridized carbons (Fsp3) is 0.500. The van der Waals surface area contributed by atoms with Crippen LogP contribution in [0.4, 0.5) is 0 Å². The molecule has 4 heteroatoms. The zero-order chi connectivity index (χ0) is 4.28. The zero-order valence-corrected chi connectivity index (χ0v) is 6.09. The van der Waals surface area contributed by atoms with Gasteiger partial charge in [0, 0.05) is 32.7 Å². The third-order valence-corrected chi connectivity index (χ3v) is 0.183. The van der Waals surface area contributed by atoms with Crippen LogP contribution in [0.3, 0.4) is 0 Å². The second kappa shape index (κ2) is 5.50. The third kappa shape index (κ3) is 8.82. The Kier molecular flexibility index (Phi) is 8.91. The number of nitrogens with zero attached hydrogens (tertiary/aromatic N) is 1. The van der Waals surface area contributed by atoms with E-state index in [2.05, 4.69) is 6.92 Å². The third-order valence-electron chi connectivity index (χ3n) is 0.183. The normalized spacial score (nSPS) is 6.17. The molecule has 0 N–H and O–H groups in total. The van der Waals surface area contributed by atoms with Crippen molar-refractivity contribution in [3.63, 3.8) is 0 Å². The van der Waals surface area contributed by atoms with Gasteiger partial charge in [-0.05, 0) is 4.92 Å². The van der Waals surface area contributed by atoms with Crippen LogP contribution in [0.1, 0.15) is 0 Å². The van der Waals surface area contributed by atoms with Gasteiger partial charge in [-0.25, -0.2) is 0 Å². The van der Waals surface area contributed by atoms with Gasteiger partial charge in [0.05, 0.1) is 6.54 Å². The maximum absolute atomic E-state index is 9.11. The van der Waals surface area contributed by atoms with Crippen LogP contribution in [0.25, 0.3) is 0 Å². The van der Waals surface area contributed by atoms with Crippen LogP contribution in [-0.4, -0.2) is 11.5 Å². The van der Waals surface area contributed by atoms with Crippen LogP contribution in [-0.2, 0) is 32.7 Å². The van der Waals surface area contributed by atoms with Crippen LogP contribution in [0.15, 0.2) is 0 Å². The summed E-state index contributed by atoms with van der Waals surface area (Å²) in [5, 5.41) is 9.11. The molecule has 0 atom stereocenters. The van der Waals surface area contributed by atoms with Crippen molar-refractivity contribution in [2.75, 3.05) is 6.54 Å². The van der Waals surface area contributed by atoms with Crippen molar-refractivity contribution in [3.8, 4) is 0 Å². The van der Waals surface area contributed by atoms with Crippen molar-refractivity contribution in [1.82, 2.24) is 0 Å². The fourth-order valence-electron chi connectivity index (χ4n) is 0. The number of nitro groups is 1. The molecule has 0 spiro atoms. The second-order valence-corrected chi connectivity index (χ2v) is 0.556. The first-order chi connectivity index (χ1) is 2.27. The van der Waals surface area contributed by atoms with E-state index in [0.29, 0.717) is 0 Å². The number of hydrogen-bond donors (Lipinski definition) is 0. The van der Waals surface area contributed by atoms with Gasteiger partial charge in [-0.1, -0.05) is 0 Å². The van der Waals surface area contributed by atoms with E-state index in [9.17, 15) is 0 Å². The van der Waals surface area contributed by atoms with E-state index in [0.717, 1.165) is 0 Å². The summed E-state index contributed by atoms with van der Waals surface area (Å²) in [6.45, 7) is 2.76. The molecule has 0 aromatic rings. The van der Waals surface area contributed by atoms with Crippen LogP contribution in [0.5, 0.6) is 0 Å². The van der Waals surface area contributed by atoms with E-state index < -0.39 is 4.92 Å². The Hall–Kier alpha value is 0.504. The minimum atomic E-state index is -0.486. The summed E-state index contributed by atoms with van der Waals surface area (Å²) >= 11 is 0. The van der Waals surface area contributed by atoms with Gasteiger partial charge in [0.25, 0.3) is 0 Å². The number of rotatable bonds is 1. The summed E-state index contributed by atoms with van der Waals surface area (Å²) in [5.41, 5.74) is 0. The first kappa shape index (κ1) is 9.71. The maximum Gasteiger partial charge on any atom is 0.0867 e. The van der Waals surface area contributed by atoms with E-state index in [4.69, 9.17) is 10.1 Å². The van der Waals surface area contributed by atoms with Crippen molar-refractivity contribution in [3.05, 3.63) is 17.0 Å². The predicted molar refractivity (Wildman–Crippen MR) is 17.2 cm³/mol. The summed E-state index contributed by atoms with van der Waals surface area (Å²) in [6.07, 6.45) is 0. The van der Waals surface area contributed by atoms with Gasteiger partial charge in [-0.15, -0.1) is 0 Å². The average Bonchev–Trinajstić information content (AvgIpc) is 1.38. The van der Waals surface area contributed by atoms with Crippen LogP contribution in [0.2, 0.25) is 0 Å². The van der Waals surface area contributed by atoms with Crippen molar-refractivity contribution in [2.24, 2.45) is 0 Å². The Morgan fingerprint density at radius 1 is 1.83 bits per heavy atom. The standard InChI is InChI=1S/C2H4NO2.Y/c1-2-3(4)5;/h1-2H2;/q-1;. The molecular weight excluding hydrogens is 159 g/mol. The molecule has 0 rings (SSSR count). The molecule has 33 valence electrons. The van der Waals surface area contributed by atoms with Crippen LogP contribution in [0, 0.1) is 17.0 Å². The molecule has 0 unspecified atom stereocenters. The van der Waals surface area contributed by atoms with Gasteiger partial charge in [-0.3, -0.25) is 17.0 Å². The first-order valence-electron chi connectivity index (χ1n) is 1.18. The molecular formula is C2H4NO2Y-. The van der Waals surface area contributed by atoms with E-state index in [1.807, 2.05) is 0 Å². The summed E-state index contributed by atoms with van der Waals surface area (Å²) in [6, 6.07) is 0. The predicted octanol–water partition coefficient (Wildman–Crippen LogP) is 0.0947. The molecule has 0 aliphatic heterocycles. The maximum atomic E-state index is 9.11. The van der Waals surface area contributed by atoms with Crippen molar-refractivity contribution < 1.29 is 37.6 Å². The quantitative estimate of drug-likeness (QED) is 0.312. The Labute approximate surface area is 61.1 Å². The SMILES string of the molecule is [CH2-]C[N+](=O)[O-].[Y]. The van der Waals surface area contributed by atoms with Crippen LogP contribution < -0.4 is 0 Å². The van der Waals surface area contributed by atoms with Gasteiger partial charge in [0.2, 0.25) is 0 Å². The van der Waals surface area contributed by atoms with Gasteiger partial charge in [-0.2, -0.15) is 0 Å². The summed E-state index contributed by atoms with van der Waals surface area (Å²) in [7, 11) is 0. The van der Waals surface area contributed by atoms with E-state index in [1.54, 1.807) is 0 Å². The molecule has 0 bridgehead atoms. The Balaban J connectivity index is 0. The largest absolute Gasteiger partial charge is 0.273 e. The molecule has 0 aliphatic carbocycles. The van der Waals surface area contributed by atoms with Crippen LogP contribution >= 0.6 is 0 Å². The molecule has 3 nitrogen and oxygen atoms in total. The second-order valence-electron chi connectivity index (χ2n) is 0.556. The molecule has 1 radical (unpaired) electrons. The van der Waals surface area contributed by atoms with Gasteiger partial charge in [0.15, 0.2) is 0 Å². The molecule has 0 aromatic carbocycles. The zero-order valence-electron chi connectivity index (χ0n) is 3.26. The molecule has 6 heavy (non-hydrogen) atoms. The van der Waals surface area contributed by atoms with Gasteiger partial charge < -0.3 is 0 Å². The summed E-state index contributed by atoms with van der Waals surface area (Å²) < 4.78 is 0. The molecule has 0 saturated heterocycles. The van der Waals surface area contributed by atoms with Crippen molar-refractivity contribution in [2.45, 2.75) is 0 Å². The van der Waals surface area contributed by atoms with E-state index in [-0.39, 0.29) is 39.3 Å². The molecule has 0 aromatic heterocycles. The molecule has 0 saturated carbocycles. The monoisotopic (exact) mass is 163 g/mol. The minimum absolute atomic E-state index is 0. The van der Waals surface area contributed by atoms with Gasteiger partial charge >= 0.3 is 0 Å². The number of hydrogen-bond acceptors (Lipinski definition) is 2. The molecule has 0 heterocycles. The topological polar surface area (TPSA) is 43.1 Å². The van der Waals surface area contributed by atoms with E-state index in [1.165, 1.54) is 0 Å². The summed E-state index contributed by atoms with van der Waals surface area (Å²) in [5.74, 6) is 0. The summed E-state index contributed by atoms with van der Waals surface area (Å²) in [4.78, 5) is 8.62. The van der Waals surface area contributed by atoms with Crippen molar-refractivity contribution in [1.29, 1.82) is 0 Å². The molecule has 0 aliphatic rings. The Bertz CT molecular complexity index is 46.8. The van der Waals surface area contributed by atoms with Gasteiger partial charge in [0.1, 0.15) is 0 Å². The molecule has 0 fully saturated rings. The fourth-order valence-corrected chi connectivity index (χ4v) is 0. The average molecular weight is 163 g/mol. The molecule has 0 amide bonds. The Morgan fingerprint density at radius 2 is 2.00 bits per heavy atom. The Morgan fingerprint density at radius 3 is 2.00 bits per heavy atom. The van der Waals surface area contributed by atoms with Crippen molar-refractivity contribution >= 4 is 0 Å². The first-order valence-corrected chi connectivity index (χ1v) is 1.18. The minimum Gasteiger partial charge on any atom is -0.273 e.